The Morgan fingerprint density at radius 1 is 1.32 bits per heavy atom. The first-order valence-corrected chi connectivity index (χ1v) is 8.10. The predicted molar refractivity (Wildman–Crippen MR) is 84.6 cm³/mol. The maximum atomic E-state index is 12.4. The normalized spacial score (nSPS) is 15.9. The number of piperazine rings is 1. The number of likely N-dealkylation sites (N-methyl/N-ethyl adjacent to an activating group) is 1. The molecule has 1 saturated heterocycles. The van der Waals surface area contributed by atoms with E-state index in [2.05, 4.69) is 4.90 Å². The average molecular weight is 379 g/mol. The highest BCUT2D eigenvalue weighted by Crippen LogP contribution is 2.40. The highest BCUT2D eigenvalue weighted by atomic mass is 32.2. The van der Waals surface area contributed by atoms with Crippen LogP contribution in [-0.2, 0) is 4.79 Å². The lowest BCUT2D eigenvalue weighted by molar-refractivity contribution is -0.386. The van der Waals surface area contributed by atoms with Gasteiger partial charge in [0.05, 0.1) is 4.92 Å². The lowest BCUT2D eigenvalue weighted by Crippen LogP contribution is -2.48. The number of halogens is 3. The summed E-state index contributed by atoms with van der Waals surface area (Å²) < 4.78 is 42.3. The molecule has 25 heavy (non-hydrogen) atoms. The van der Waals surface area contributed by atoms with Crippen molar-refractivity contribution < 1.29 is 27.6 Å². The molecule has 0 aliphatic carbocycles. The number of alkyl halides is 3. The summed E-state index contributed by atoms with van der Waals surface area (Å²) in [6.45, 7) is 2.09. The highest BCUT2D eigenvalue weighted by molar-refractivity contribution is 8.00. The van der Waals surface area contributed by atoms with E-state index in [1.165, 1.54) is 0 Å². The van der Waals surface area contributed by atoms with Crippen LogP contribution < -0.4 is 4.74 Å². The highest BCUT2D eigenvalue weighted by Gasteiger charge is 2.31. The number of nitro benzene ring substituents is 1. The van der Waals surface area contributed by atoms with E-state index < -0.39 is 34.5 Å². The molecule has 138 valence electrons. The molecule has 0 saturated carbocycles. The van der Waals surface area contributed by atoms with Crippen LogP contribution in [0.5, 0.6) is 5.75 Å². The van der Waals surface area contributed by atoms with Gasteiger partial charge >= 0.3 is 11.2 Å². The van der Waals surface area contributed by atoms with Gasteiger partial charge in [-0.25, -0.2) is 0 Å². The standard InChI is InChI=1S/C14H16F3N3O4S/c1-18-4-6-19(7-5-18)13(21)9-24-12-3-2-10(25-14(15,16)17)8-11(12)20(22)23/h2-3,8H,4-7,9H2,1H3. The molecule has 0 aromatic heterocycles. The van der Waals surface area contributed by atoms with Crippen LogP contribution in [-0.4, -0.2) is 66.0 Å². The van der Waals surface area contributed by atoms with Crippen molar-refractivity contribution in [3.05, 3.63) is 28.3 Å². The quantitative estimate of drug-likeness (QED) is 0.444. The summed E-state index contributed by atoms with van der Waals surface area (Å²) in [4.78, 5) is 25.6. The monoisotopic (exact) mass is 379 g/mol. The fraction of sp³-hybridized carbons (Fsp3) is 0.500. The van der Waals surface area contributed by atoms with Crippen LogP contribution in [0.4, 0.5) is 18.9 Å². The smallest absolute Gasteiger partial charge is 0.446 e. The molecule has 0 bridgehead atoms. The van der Waals surface area contributed by atoms with Gasteiger partial charge in [-0.15, -0.1) is 0 Å². The number of rotatable bonds is 5. The lowest BCUT2D eigenvalue weighted by Gasteiger charge is -2.32. The van der Waals surface area contributed by atoms with Crippen molar-refractivity contribution in [2.75, 3.05) is 39.8 Å². The molecule has 1 aromatic rings. The van der Waals surface area contributed by atoms with Gasteiger partial charge in [0.15, 0.2) is 12.4 Å². The molecule has 1 amide bonds. The summed E-state index contributed by atoms with van der Waals surface area (Å²) in [7, 11) is 1.93. The second-order valence-corrected chi connectivity index (χ2v) is 6.55. The van der Waals surface area contributed by atoms with Crippen LogP contribution in [0, 0.1) is 10.1 Å². The third kappa shape index (κ3) is 5.78. The number of nitro groups is 1. The molecule has 1 aromatic carbocycles. The van der Waals surface area contributed by atoms with E-state index in [1.54, 1.807) is 4.90 Å². The number of carbonyl (C=O) groups excluding carboxylic acids is 1. The molecule has 0 atom stereocenters. The number of hydrogen-bond acceptors (Lipinski definition) is 6. The predicted octanol–water partition coefficient (Wildman–Crippen LogP) is 2.36. The van der Waals surface area contributed by atoms with Crippen LogP contribution >= 0.6 is 11.8 Å². The van der Waals surface area contributed by atoms with E-state index in [0.717, 1.165) is 31.3 Å². The minimum absolute atomic E-state index is 0.237. The molecule has 1 heterocycles. The zero-order valence-electron chi connectivity index (χ0n) is 13.3. The van der Waals surface area contributed by atoms with Gasteiger partial charge in [-0.3, -0.25) is 14.9 Å². The zero-order valence-corrected chi connectivity index (χ0v) is 14.1. The Balaban J connectivity index is 2.03. The topological polar surface area (TPSA) is 75.9 Å². The van der Waals surface area contributed by atoms with Crippen molar-refractivity contribution in [3.63, 3.8) is 0 Å². The number of ether oxygens (including phenoxy) is 1. The Kier molecular flexibility index (Phi) is 6.11. The van der Waals surface area contributed by atoms with Gasteiger partial charge in [-0.05, 0) is 30.9 Å². The SMILES string of the molecule is CN1CCN(C(=O)COc2ccc(SC(F)(F)F)cc2[N+](=O)[O-])CC1. The Morgan fingerprint density at radius 3 is 2.52 bits per heavy atom. The lowest BCUT2D eigenvalue weighted by atomic mass is 10.3. The summed E-state index contributed by atoms with van der Waals surface area (Å²) in [6, 6.07) is 2.93. The van der Waals surface area contributed by atoms with Crippen LogP contribution in [0.15, 0.2) is 23.1 Å². The van der Waals surface area contributed by atoms with Crippen molar-refractivity contribution in [1.29, 1.82) is 0 Å². The van der Waals surface area contributed by atoms with E-state index in [-0.39, 0.29) is 16.6 Å². The largest absolute Gasteiger partial charge is 0.477 e. The second kappa shape index (κ2) is 7.91. The molecule has 7 nitrogen and oxygen atoms in total. The van der Waals surface area contributed by atoms with Crippen molar-refractivity contribution in [3.8, 4) is 5.75 Å². The zero-order chi connectivity index (χ0) is 18.6. The first-order chi connectivity index (χ1) is 11.7. The molecule has 0 radical (unpaired) electrons. The summed E-state index contributed by atoms with van der Waals surface area (Å²) >= 11 is -0.451. The molecule has 0 N–H and O–H groups in total. The van der Waals surface area contributed by atoms with Crippen LogP contribution in [0.1, 0.15) is 0 Å². The molecule has 1 fully saturated rings. The van der Waals surface area contributed by atoms with Gasteiger partial charge in [-0.1, -0.05) is 0 Å². The van der Waals surface area contributed by atoms with Crippen LogP contribution in [0.2, 0.25) is 0 Å². The number of carbonyl (C=O) groups is 1. The number of nitrogens with zero attached hydrogens (tertiary/aromatic N) is 3. The fourth-order valence-corrected chi connectivity index (χ4v) is 2.82. The maximum Gasteiger partial charge on any atom is 0.446 e. The molecular formula is C14H16F3N3O4S. The minimum Gasteiger partial charge on any atom is -0.477 e. The molecule has 11 heteroatoms. The number of benzene rings is 1. The molecule has 0 spiro atoms. The molecular weight excluding hydrogens is 363 g/mol. The second-order valence-electron chi connectivity index (χ2n) is 5.41. The Hall–Kier alpha value is -2.01. The third-order valence-electron chi connectivity index (χ3n) is 3.57. The van der Waals surface area contributed by atoms with E-state index >= 15 is 0 Å². The molecule has 1 aliphatic heterocycles. The minimum atomic E-state index is -4.55. The molecule has 2 rings (SSSR count). The van der Waals surface area contributed by atoms with E-state index in [1.807, 2.05) is 7.05 Å². The van der Waals surface area contributed by atoms with E-state index in [4.69, 9.17) is 4.74 Å². The summed E-state index contributed by atoms with van der Waals surface area (Å²) in [5.74, 6) is -0.560. The Bertz CT molecular complexity index is 649. The number of hydrogen-bond donors (Lipinski definition) is 0. The van der Waals surface area contributed by atoms with Crippen molar-refractivity contribution in [2.24, 2.45) is 0 Å². The first-order valence-electron chi connectivity index (χ1n) is 7.29. The first kappa shape index (κ1) is 19.3. The van der Waals surface area contributed by atoms with Crippen LogP contribution in [0.25, 0.3) is 0 Å². The summed E-state index contributed by atoms with van der Waals surface area (Å²) in [5.41, 5.74) is -5.16. The fourth-order valence-electron chi connectivity index (χ4n) is 2.25. The van der Waals surface area contributed by atoms with Gasteiger partial charge in [-0.2, -0.15) is 13.2 Å². The van der Waals surface area contributed by atoms with E-state index in [9.17, 15) is 28.1 Å². The van der Waals surface area contributed by atoms with Crippen molar-refractivity contribution >= 4 is 23.4 Å². The molecule has 1 aliphatic rings. The number of amides is 1. The van der Waals surface area contributed by atoms with Gasteiger partial charge in [0.2, 0.25) is 0 Å². The Morgan fingerprint density at radius 2 is 1.96 bits per heavy atom. The Labute approximate surface area is 145 Å². The van der Waals surface area contributed by atoms with Crippen LogP contribution in [0.3, 0.4) is 0 Å². The maximum absolute atomic E-state index is 12.4. The summed E-state index contributed by atoms with van der Waals surface area (Å²) in [5, 5.41) is 11.1. The van der Waals surface area contributed by atoms with E-state index in [0.29, 0.717) is 13.1 Å². The van der Waals surface area contributed by atoms with Gasteiger partial charge in [0.1, 0.15) is 0 Å². The number of thioether (sulfide) groups is 1. The summed E-state index contributed by atoms with van der Waals surface area (Å²) in [6.07, 6.45) is 0. The average Bonchev–Trinajstić information content (AvgIpc) is 2.52. The van der Waals surface area contributed by atoms with Crippen molar-refractivity contribution in [2.45, 2.75) is 10.4 Å². The third-order valence-corrected chi connectivity index (χ3v) is 4.29. The molecule has 0 unspecified atom stereocenters. The van der Waals surface area contributed by atoms with Gasteiger partial charge in [0.25, 0.3) is 5.91 Å². The van der Waals surface area contributed by atoms with Gasteiger partial charge < -0.3 is 14.5 Å². The van der Waals surface area contributed by atoms with Gasteiger partial charge in [0, 0.05) is 37.1 Å². The van der Waals surface area contributed by atoms with Crippen molar-refractivity contribution in [1.82, 2.24) is 9.80 Å².